The van der Waals surface area contributed by atoms with Crippen LogP contribution in [0, 0.1) is 10.1 Å². The first-order valence-corrected chi connectivity index (χ1v) is 7.14. The highest BCUT2D eigenvalue weighted by Crippen LogP contribution is 2.23. The molecule has 1 saturated heterocycles. The molecule has 7 nitrogen and oxygen atoms in total. The fraction of sp³-hybridized carbons (Fsp3) is 0.500. The fourth-order valence-electron chi connectivity index (χ4n) is 2.42. The Morgan fingerprint density at radius 2 is 1.86 bits per heavy atom. The molecule has 1 amide bonds. The number of hydrogen-bond acceptors (Lipinski definition) is 5. The van der Waals surface area contributed by atoms with Crippen molar-refractivity contribution < 1.29 is 14.1 Å². The van der Waals surface area contributed by atoms with Crippen LogP contribution < -0.4 is 5.32 Å². The Morgan fingerprint density at radius 3 is 2.50 bits per heavy atom. The second kappa shape index (κ2) is 7.81. The molecule has 1 aromatic carbocycles. The summed E-state index contributed by atoms with van der Waals surface area (Å²) in [5, 5.41) is 13.5. The molecule has 1 aliphatic heterocycles. The number of nitrogens with one attached hydrogen (secondary N) is 1. The third-order valence-corrected chi connectivity index (χ3v) is 3.61. The third kappa shape index (κ3) is 4.47. The van der Waals surface area contributed by atoms with Crippen molar-refractivity contribution in [3.05, 3.63) is 34.4 Å². The second-order valence-corrected chi connectivity index (χ2v) is 5.13. The number of carbonyl (C=O) groups is 1. The maximum absolute atomic E-state index is 12.3. The Balaban J connectivity index is 1.85. The molecule has 1 N–H and O–H groups in total. The van der Waals surface area contributed by atoms with Gasteiger partial charge in [-0.3, -0.25) is 24.7 Å². The SMILES string of the molecule is O=C(CN1CCN(CCF)CC1)Nc1ccccc1[N+](=O)[O-]. The maximum Gasteiger partial charge on any atom is 0.292 e. The minimum absolute atomic E-state index is 0.122. The molecule has 120 valence electrons. The molecule has 22 heavy (non-hydrogen) atoms. The summed E-state index contributed by atoms with van der Waals surface area (Å²) in [6, 6.07) is 6.05. The molecule has 0 saturated carbocycles. The van der Waals surface area contributed by atoms with E-state index in [0.29, 0.717) is 19.6 Å². The van der Waals surface area contributed by atoms with E-state index in [1.54, 1.807) is 12.1 Å². The number of hydrogen-bond donors (Lipinski definition) is 1. The van der Waals surface area contributed by atoms with Crippen LogP contribution in [-0.2, 0) is 4.79 Å². The van der Waals surface area contributed by atoms with E-state index in [1.165, 1.54) is 12.1 Å². The smallest absolute Gasteiger partial charge is 0.292 e. The lowest BCUT2D eigenvalue weighted by molar-refractivity contribution is -0.383. The molecule has 1 aromatic rings. The maximum atomic E-state index is 12.3. The van der Waals surface area contributed by atoms with Gasteiger partial charge in [-0.25, -0.2) is 4.39 Å². The zero-order valence-electron chi connectivity index (χ0n) is 12.2. The molecule has 1 fully saturated rings. The number of nitro benzene ring substituents is 1. The Kier molecular flexibility index (Phi) is 5.79. The third-order valence-electron chi connectivity index (χ3n) is 3.61. The van der Waals surface area contributed by atoms with Crippen molar-refractivity contribution in [2.24, 2.45) is 0 Å². The number of piperazine rings is 1. The first-order chi connectivity index (χ1) is 10.6. The van der Waals surface area contributed by atoms with E-state index in [4.69, 9.17) is 0 Å². The van der Waals surface area contributed by atoms with Crippen LogP contribution in [0.1, 0.15) is 0 Å². The highest BCUT2D eigenvalue weighted by atomic mass is 19.1. The molecule has 8 heteroatoms. The highest BCUT2D eigenvalue weighted by molar-refractivity contribution is 5.94. The van der Waals surface area contributed by atoms with Crippen molar-refractivity contribution >= 4 is 17.3 Å². The van der Waals surface area contributed by atoms with Gasteiger partial charge in [-0.2, -0.15) is 0 Å². The molecular formula is C14H19FN4O3. The van der Waals surface area contributed by atoms with Crippen molar-refractivity contribution in [3.8, 4) is 0 Å². The van der Waals surface area contributed by atoms with Crippen LogP contribution in [-0.4, -0.2) is 66.6 Å². The first-order valence-electron chi connectivity index (χ1n) is 7.14. The van der Waals surface area contributed by atoms with E-state index in [1.807, 2.05) is 9.80 Å². The van der Waals surface area contributed by atoms with Gasteiger partial charge in [0.25, 0.3) is 5.69 Å². The van der Waals surface area contributed by atoms with Gasteiger partial charge in [0, 0.05) is 38.8 Å². The fourth-order valence-corrected chi connectivity index (χ4v) is 2.42. The van der Waals surface area contributed by atoms with E-state index in [2.05, 4.69) is 5.32 Å². The van der Waals surface area contributed by atoms with Crippen molar-refractivity contribution in [1.82, 2.24) is 9.80 Å². The van der Waals surface area contributed by atoms with Crippen molar-refractivity contribution in [3.63, 3.8) is 0 Å². The number of benzene rings is 1. The Bertz CT molecular complexity index is 533. The van der Waals surface area contributed by atoms with Gasteiger partial charge < -0.3 is 5.32 Å². The lowest BCUT2D eigenvalue weighted by Crippen LogP contribution is -2.49. The zero-order valence-corrected chi connectivity index (χ0v) is 12.2. The molecule has 0 atom stereocenters. The molecule has 0 radical (unpaired) electrons. The number of para-hydroxylation sites is 2. The lowest BCUT2D eigenvalue weighted by Gasteiger charge is -2.33. The predicted molar refractivity (Wildman–Crippen MR) is 80.6 cm³/mol. The van der Waals surface area contributed by atoms with Gasteiger partial charge in [0.15, 0.2) is 0 Å². The van der Waals surface area contributed by atoms with Crippen LogP contribution in [0.2, 0.25) is 0 Å². The van der Waals surface area contributed by atoms with E-state index in [9.17, 15) is 19.3 Å². The van der Waals surface area contributed by atoms with E-state index < -0.39 is 4.92 Å². The highest BCUT2D eigenvalue weighted by Gasteiger charge is 2.20. The minimum atomic E-state index is -0.522. The van der Waals surface area contributed by atoms with Crippen LogP contribution in [0.5, 0.6) is 0 Å². The molecule has 0 bridgehead atoms. The predicted octanol–water partition coefficient (Wildman–Crippen LogP) is 1.12. The summed E-state index contributed by atoms with van der Waals surface area (Å²) in [7, 11) is 0. The molecule has 1 aliphatic rings. The second-order valence-electron chi connectivity index (χ2n) is 5.13. The van der Waals surface area contributed by atoms with Crippen LogP contribution in [0.4, 0.5) is 15.8 Å². The molecular weight excluding hydrogens is 291 g/mol. The van der Waals surface area contributed by atoms with Crippen LogP contribution in [0.15, 0.2) is 24.3 Å². The van der Waals surface area contributed by atoms with E-state index in [0.717, 1.165) is 13.1 Å². The van der Waals surface area contributed by atoms with E-state index in [-0.39, 0.29) is 30.5 Å². The van der Waals surface area contributed by atoms with Gasteiger partial charge in [-0.1, -0.05) is 12.1 Å². The Labute approximate surface area is 127 Å². The quantitative estimate of drug-likeness (QED) is 0.629. The number of amides is 1. The largest absolute Gasteiger partial charge is 0.319 e. The number of nitrogens with zero attached hydrogens (tertiary/aromatic N) is 3. The number of anilines is 1. The summed E-state index contributed by atoms with van der Waals surface area (Å²) < 4.78 is 12.3. The van der Waals surface area contributed by atoms with Gasteiger partial charge in [0.05, 0.1) is 11.5 Å². The summed E-state index contributed by atoms with van der Waals surface area (Å²) in [4.78, 5) is 26.4. The van der Waals surface area contributed by atoms with Gasteiger partial charge in [-0.15, -0.1) is 0 Å². The standard InChI is InChI=1S/C14H19FN4O3/c15-5-6-17-7-9-18(10-8-17)11-14(20)16-12-3-1-2-4-13(12)19(21)22/h1-4H,5-11H2,(H,16,20). The number of nitro groups is 1. The number of alkyl halides is 1. The lowest BCUT2D eigenvalue weighted by atomic mass is 10.2. The minimum Gasteiger partial charge on any atom is -0.319 e. The number of rotatable bonds is 6. The van der Waals surface area contributed by atoms with Crippen LogP contribution in [0.25, 0.3) is 0 Å². The monoisotopic (exact) mass is 310 g/mol. The van der Waals surface area contributed by atoms with Crippen molar-refractivity contribution in [2.45, 2.75) is 0 Å². The zero-order chi connectivity index (χ0) is 15.9. The Morgan fingerprint density at radius 1 is 1.23 bits per heavy atom. The molecule has 1 heterocycles. The average Bonchev–Trinajstić information content (AvgIpc) is 2.50. The molecule has 2 rings (SSSR count). The summed E-state index contributed by atoms with van der Waals surface area (Å²) in [6.45, 7) is 3.06. The average molecular weight is 310 g/mol. The summed E-state index contributed by atoms with van der Waals surface area (Å²) >= 11 is 0. The van der Waals surface area contributed by atoms with Gasteiger partial charge >= 0.3 is 0 Å². The molecule has 0 unspecified atom stereocenters. The normalized spacial score (nSPS) is 16.4. The summed E-state index contributed by atoms with van der Waals surface area (Å²) in [5.74, 6) is -0.284. The van der Waals surface area contributed by atoms with Gasteiger partial charge in [0.2, 0.25) is 5.91 Å². The summed E-state index contributed by atoms with van der Waals surface area (Å²) in [6.07, 6.45) is 0. The molecule has 0 aliphatic carbocycles. The molecule has 0 spiro atoms. The van der Waals surface area contributed by atoms with Crippen molar-refractivity contribution in [2.75, 3.05) is 51.3 Å². The van der Waals surface area contributed by atoms with Gasteiger partial charge in [0.1, 0.15) is 12.4 Å². The van der Waals surface area contributed by atoms with Crippen LogP contribution >= 0.6 is 0 Å². The Hall–Kier alpha value is -2.06. The van der Waals surface area contributed by atoms with Crippen molar-refractivity contribution in [1.29, 1.82) is 0 Å². The summed E-state index contributed by atoms with van der Waals surface area (Å²) in [5.41, 5.74) is 0.0807. The van der Waals surface area contributed by atoms with Crippen LogP contribution in [0.3, 0.4) is 0 Å². The molecule has 0 aromatic heterocycles. The van der Waals surface area contributed by atoms with Gasteiger partial charge in [-0.05, 0) is 6.07 Å². The van der Waals surface area contributed by atoms with E-state index >= 15 is 0 Å². The number of halogens is 1. The topological polar surface area (TPSA) is 78.7 Å². The first kappa shape index (κ1) is 16.3. The number of carbonyl (C=O) groups excluding carboxylic acids is 1.